The van der Waals surface area contributed by atoms with Crippen molar-refractivity contribution in [3.05, 3.63) is 47.8 Å². The first-order chi connectivity index (χ1) is 14.6. The maximum atomic E-state index is 12.4. The first-order valence-corrected chi connectivity index (χ1v) is 10.1. The molecule has 3 aromatic rings. The molecule has 1 aliphatic rings. The Morgan fingerprint density at radius 1 is 1.35 bits per heavy atom. The first kappa shape index (κ1) is 20.7. The van der Waals surface area contributed by atoms with Crippen LogP contribution in [0.15, 0.2) is 36.4 Å². The lowest BCUT2D eigenvalue weighted by Gasteiger charge is -2.32. The highest BCUT2D eigenvalue weighted by Crippen LogP contribution is 2.40. The van der Waals surface area contributed by atoms with Gasteiger partial charge >= 0.3 is 0 Å². The summed E-state index contributed by atoms with van der Waals surface area (Å²) in [5.41, 5.74) is 1.32. The number of ether oxygens (including phenoxy) is 2. The quantitative estimate of drug-likeness (QED) is 0.653. The molecule has 2 heterocycles. The van der Waals surface area contributed by atoms with Crippen LogP contribution in [0.5, 0.6) is 17.2 Å². The van der Waals surface area contributed by atoms with Gasteiger partial charge in [-0.25, -0.2) is 4.98 Å². The first-order valence-electron chi connectivity index (χ1n) is 10.1. The van der Waals surface area contributed by atoms with Crippen LogP contribution in [-0.4, -0.2) is 38.6 Å². The second kappa shape index (κ2) is 7.61. The number of phenolic OH excluding ortho intramolecular Hbond substituents is 1. The number of rotatable bonds is 5. The molecule has 0 fully saturated rings. The molecule has 0 spiro atoms. The molecular weight excluding hydrogens is 398 g/mol. The highest BCUT2D eigenvalue weighted by Gasteiger charge is 2.35. The van der Waals surface area contributed by atoms with E-state index >= 15 is 0 Å². The topological polar surface area (TPSA) is 103 Å². The summed E-state index contributed by atoms with van der Waals surface area (Å²) in [6.45, 7) is 5.19. The van der Waals surface area contributed by atoms with Crippen molar-refractivity contribution in [3.8, 4) is 17.2 Å². The smallest absolute Gasteiger partial charge is 0.258 e. The molecule has 8 heteroatoms. The number of carbonyl (C=O) groups excluding carboxylic acids is 2. The predicted octanol–water partition coefficient (Wildman–Crippen LogP) is 3.28. The lowest BCUT2D eigenvalue weighted by atomic mass is 9.92. The zero-order chi connectivity index (χ0) is 22.3. The van der Waals surface area contributed by atoms with E-state index in [0.29, 0.717) is 0 Å². The number of imidazole rings is 1. The van der Waals surface area contributed by atoms with E-state index in [-0.39, 0.29) is 53.6 Å². The molecule has 1 unspecified atom stereocenters. The molecule has 0 aliphatic carbocycles. The third-order valence-electron chi connectivity index (χ3n) is 5.26. The summed E-state index contributed by atoms with van der Waals surface area (Å²) in [7, 11) is 1.91. The number of Topliss-reactive ketones (excluding diaryl/α,β-unsaturated/α-hetero) is 1. The number of para-hydroxylation sites is 2. The number of ketones is 1. The zero-order valence-electron chi connectivity index (χ0n) is 17.9. The molecule has 2 N–H and O–H groups in total. The molecule has 8 nitrogen and oxygen atoms in total. The molecule has 0 radical (unpaired) electrons. The van der Waals surface area contributed by atoms with Gasteiger partial charge in [0, 0.05) is 19.2 Å². The number of aryl methyl sites for hydroxylation is 1. The minimum Gasteiger partial charge on any atom is -0.507 e. The summed E-state index contributed by atoms with van der Waals surface area (Å²) >= 11 is 0. The largest absolute Gasteiger partial charge is 0.507 e. The van der Waals surface area contributed by atoms with Crippen molar-refractivity contribution in [1.29, 1.82) is 0 Å². The molecular formula is C23H25N3O5. The molecule has 1 atom stereocenters. The van der Waals surface area contributed by atoms with E-state index in [9.17, 15) is 14.7 Å². The Kier molecular flexibility index (Phi) is 5.08. The van der Waals surface area contributed by atoms with Crippen molar-refractivity contribution < 1.29 is 24.2 Å². The van der Waals surface area contributed by atoms with Crippen LogP contribution >= 0.6 is 0 Å². The lowest BCUT2D eigenvalue weighted by Crippen LogP contribution is -2.36. The monoisotopic (exact) mass is 423 g/mol. The Labute approximate surface area is 179 Å². The Balaban J connectivity index is 1.43. The summed E-state index contributed by atoms with van der Waals surface area (Å²) in [6.07, 6.45) is 0.177. The summed E-state index contributed by atoms with van der Waals surface area (Å²) in [4.78, 5) is 29.3. The van der Waals surface area contributed by atoms with Gasteiger partial charge in [0.15, 0.2) is 12.4 Å². The maximum Gasteiger partial charge on any atom is 0.258 e. The van der Waals surface area contributed by atoms with Crippen LogP contribution in [0.2, 0.25) is 0 Å². The van der Waals surface area contributed by atoms with Crippen LogP contribution in [-0.2, 0) is 11.8 Å². The van der Waals surface area contributed by atoms with Crippen molar-refractivity contribution in [3.63, 3.8) is 0 Å². The molecule has 1 amide bonds. The van der Waals surface area contributed by atoms with Crippen molar-refractivity contribution in [1.82, 2.24) is 14.9 Å². The molecule has 0 saturated heterocycles. The number of nitrogens with zero attached hydrogens (tertiary/aromatic N) is 2. The van der Waals surface area contributed by atoms with E-state index in [0.717, 1.165) is 16.9 Å². The molecule has 31 heavy (non-hydrogen) atoms. The fourth-order valence-electron chi connectivity index (χ4n) is 3.88. The molecule has 4 rings (SSSR count). The number of nitrogens with one attached hydrogen (secondary N) is 1. The van der Waals surface area contributed by atoms with E-state index in [4.69, 9.17) is 9.47 Å². The fraction of sp³-hybridized carbons (Fsp3) is 0.348. The Bertz CT molecular complexity index is 1180. The van der Waals surface area contributed by atoms with Gasteiger partial charge in [-0.15, -0.1) is 0 Å². The Morgan fingerprint density at radius 3 is 2.84 bits per heavy atom. The number of fused-ring (bicyclic) bond motifs is 2. The average molecular weight is 423 g/mol. The number of aromatic nitrogens is 2. The van der Waals surface area contributed by atoms with Gasteiger partial charge in [-0.3, -0.25) is 9.59 Å². The number of hydrogen-bond donors (Lipinski definition) is 2. The minimum atomic E-state index is -0.673. The van der Waals surface area contributed by atoms with Gasteiger partial charge in [-0.05, 0) is 32.9 Å². The highest BCUT2D eigenvalue weighted by molar-refractivity contribution is 6.03. The van der Waals surface area contributed by atoms with Crippen LogP contribution in [0, 0.1) is 0 Å². The van der Waals surface area contributed by atoms with Gasteiger partial charge in [0.05, 0.1) is 23.5 Å². The van der Waals surface area contributed by atoms with E-state index in [1.165, 1.54) is 12.1 Å². The van der Waals surface area contributed by atoms with Crippen LogP contribution in [0.25, 0.3) is 11.0 Å². The molecule has 162 valence electrons. The summed E-state index contributed by atoms with van der Waals surface area (Å²) in [5, 5.41) is 13.1. The number of amides is 1. The van der Waals surface area contributed by atoms with Crippen molar-refractivity contribution in [2.24, 2.45) is 7.05 Å². The summed E-state index contributed by atoms with van der Waals surface area (Å²) < 4.78 is 13.3. The summed E-state index contributed by atoms with van der Waals surface area (Å²) in [6, 6.07) is 10.3. The van der Waals surface area contributed by atoms with Gasteiger partial charge in [0.2, 0.25) is 0 Å². The van der Waals surface area contributed by atoms with Crippen molar-refractivity contribution >= 4 is 22.7 Å². The number of aromatic hydroxyl groups is 1. The van der Waals surface area contributed by atoms with Gasteiger partial charge in [0.25, 0.3) is 5.91 Å². The van der Waals surface area contributed by atoms with Gasteiger partial charge in [-0.2, -0.15) is 0 Å². The predicted molar refractivity (Wildman–Crippen MR) is 115 cm³/mol. The third kappa shape index (κ3) is 4.05. The second-order valence-electron chi connectivity index (χ2n) is 8.37. The molecule has 1 aliphatic heterocycles. The van der Waals surface area contributed by atoms with E-state index in [2.05, 4.69) is 10.3 Å². The highest BCUT2D eigenvalue weighted by atomic mass is 16.5. The van der Waals surface area contributed by atoms with E-state index in [1.54, 1.807) is 13.8 Å². The SMILES string of the molecule is CC(NC(=O)COc1cc(O)c2c(c1)OC(C)(C)CC2=O)c1nc2ccccc2n1C. The van der Waals surface area contributed by atoms with Crippen molar-refractivity contribution in [2.45, 2.75) is 38.8 Å². The van der Waals surface area contributed by atoms with Gasteiger partial charge < -0.3 is 24.5 Å². The van der Waals surface area contributed by atoms with Crippen LogP contribution in [0.3, 0.4) is 0 Å². The standard InChI is InChI=1S/C23H25N3O5/c1-13(22-25-15-7-5-6-8-16(15)26(22)4)24-20(29)12-30-14-9-17(27)21-18(28)11-23(2,3)31-19(21)10-14/h5-10,13,27H,11-12H2,1-4H3,(H,24,29). The summed E-state index contributed by atoms with van der Waals surface area (Å²) in [5.74, 6) is 0.479. The number of phenols is 1. The fourth-order valence-corrected chi connectivity index (χ4v) is 3.88. The Morgan fingerprint density at radius 2 is 2.10 bits per heavy atom. The van der Waals surface area contributed by atoms with E-state index < -0.39 is 5.60 Å². The van der Waals surface area contributed by atoms with E-state index in [1.807, 2.05) is 42.8 Å². The number of hydrogen-bond acceptors (Lipinski definition) is 6. The Hall–Kier alpha value is -3.55. The molecule has 0 bridgehead atoms. The van der Waals surface area contributed by atoms with Crippen LogP contribution in [0.1, 0.15) is 49.4 Å². The number of carbonyl (C=O) groups is 2. The molecule has 1 aromatic heterocycles. The maximum absolute atomic E-state index is 12.4. The van der Waals surface area contributed by atoms with Gasteiger partial charge in [-0.1, -0.05) is 12.1 Å². The zero-order valence-corrected chi connectivity index (χ0v) is 17.9. The van der Waals surface area contributed by atoms with Crippen LogP contribution in [0.4, 0.5) is 0 Å². The lowest BCUT2D eigenvalue weighted by molar-refractivity contribution is -0.123. The van der Waals surface area contributed by atoms with Gasteiger partial charge in [0.1, 0.15) is 34.2 Å². The normalized spacial score (nSPS) is 15.8. The minimum absolute atomic E-state index is 0.145. The number of benzene rings is 2. The molecule has 0 saturated carbocycles. The molecule has 2 aromatic carbocycles. The second-order valence-corrected chi connectivity index (χ2v) is 8.37. The average Bonchev–Trinajstić information content (AvgIpc) is 3.02. The van der Waals surface area contributed by atoms with Crippen LogP contribution < -0.4 is 14.8 Å². The third-order valence-corrected chi connectivity index (χ3v) is 5.26. The van der Waals surface area contributed by atoms with Crippen molar-refractivity contribution in [2.75, 3.05) is 6.61 Å².